The van der Waals surface area contributed by atoms with E-state index in [4.69, 9.17) is 5.84 Å². The van der Waals surface area contributed by atoms with Crippen LogP contribution in [-0.4, -0.2) is 19.9 Å². The number of aryl methyl sites for hydroxylation is 1. The summed E-state index contributed by atoms with van der Waals surface area (Å²) in [6.45, 7) is 3.80. The number of hydrazine groups is 1. The van der Waals surface area contributed by atoms with E-state index in [-0.39, 0.29) is 17.5 Å². The quantitative estimate of drug-likeness (QED) is 0.567. The van der Waals surface area contributed by atoms with E-state index in [1.807, 2.05) is 0 Å². The van der Waals surface area contributed by atoms with Crippen molar-refractivity contribution in [2.75, 3.05) is 11.5 Å². The van der Waals surface area contributed by atoms with Crippen LogP contribution in [0.4, 0.5) is 0 Å². The average molecular weight is 290 g/mol. The Morgan fingerprint density at radius 1 is 1.39 bits per heavy atom. The summed E-state index contributed by atoms with van der Waals surface area (Å²) >= 11 is 1.74. The van der Waals surface area contributed by atoms with Gasteiger partial charge in [0.05, 0.1) is 11.8 Å². The van der Waals surface area contributed by atoms with Crippen LogP contribution in [0.1, 0.15) is 42.5 Å². The summed E-state index contributed by atoms with van der Waals surface area (Å²) in [7, 11) is -2.87. The molecule has 1 unspecified atom stereocenters. The number of rotatable bonds is 8. The molecule has 6 heteroatoms. The van der Waals surface area contributed by atoms with Crippen LogP contribution < -0.4 is 11.3 Å². The molecule has 1 aromatic rings. The average Bonchev–Trinajstić information content (AvgIpc) is 2.83. The van der Waals surface area contributed by atoms with Crippen molar-refractivity contribution in [1.82, 2.24) is 5.43 Å². The van der Waals surface area contributed by atoms with Crippen molar-refractivity contribution < 1.29 is 8.42 Å². The van der Waals surface area contributed by atoms with Gasteiger partial charge in [-0.05, 0) is 31.4 Å². The van der Waals surface area contributed by atoms with Crippen LogP contribution in [0, 0.1) is 0 Å². The van der Waals surface area contributed by atoms with Gasteiger partial charge >= 0.3 is 0 Å². The summed E-state index contributed by atoms with van der Waals surface area (Å²) < 4.78 is 22.8. The van der Waals surface area contributed by atoms with E-state index in [0.717, 1.165) is 12.8 Å². The zero-order valence-electron chi connectivity index (χ0n) is 11.0. The van der Waals surface area contributed by atoms with Crippen LogP contribution in [-0.2, 0) is 16.3 Å². The van der Waals surface area contributed by atoms with Gasteiger partial charge in [0, 0.05) is 15.5 Å². The van der Waals surface area contributed by atoms with E-state index < -0.39 is 9.84 Å². The van der Waals surface area contributed by atoms with E-state index in [2.05, 4.69) is 24.5 Å². The number of hydrogen-bond donors (Lipinski definition) is 2. The standard InChI is InChI=1S/C12H22N2O2S2/c1-3-10-7-8-12(17-10)11(14-13)6-5-9-18(15,16)4-2/h7-8,11,14H,3-6,9,13H2,1-2H3. The van der Waals surface area contributed by atoms with Crippen molar-refractivity contribution >= 4 is 21.2 Å². The molecule has 1 aromatic heterocycles. The van der Waals surface area contributed by atoms with Gasteiger partial charge in [-0.3, -0.25) is 11.3 Å². The van der Waals surface area contributed by atoms with E-state index >= 15 is 0 Å². The summed E-state index contributed by atoms with van der Waals surface area (Å²) in [5.74, 6) is 6.00. The van der Waals surface area contributed by atoms with Crippen molar-refractivity contribution in [2.24, 2.45) is 5.84 Å². The molecule has 4 nitrogen and oxygen atoms in total. The van der Waals surface area contributed by atoms with E-state index in [0.29, 0.717) is 6.42 Å². The maximum Gasteiger partial charge on any atom is 0.150 e. The van der Waals surface area contributed by atoms with Crippen molar-refractivity contribution in [3.8, 4) is 0 Å². The Morgan fingerprint density at radius 3 is 2.61 bits per heavy atom. The van der Waals surface area contributed by atoms with E-state index in [1.54, 1.807) is 18.3 Å². The Kier molecular flexibility index (Phi) is 6.28. The van der Waals surface area contributed by atoms with Crippen LogP contribution in [0.15, 0.2) is 12.1 Å². The maximum absolute atomic E-state index is 11.4. The molecule has 0 fully saturated rings. The third-order valence-corrected chi connectivity index (χ3v) is 6.10. The van der Waals surface area contributed by atoms with Gasteiger partial charge in [0.25, 0.3) is 0 Å². The van der Waals surface area contributed by atoms with Gasteiger partial charge in [0.15, 0.2) is 0 Å². The highest BCUT2D eigenvalue weighted by Gasteiger charge is 2.14. The highest BCUT2D eigenvalue weighted by atomic mass is 32.2. The molecule has 104 valence electrons. The molecule has 0 amide bonds. The second-order valence-corrected chi connectivity index (χ2v) is 7.93. The maximum atomic E-state index is 11.4. The zero-order valence-corrected chi connectivity index (χ0v) is 12.6. The Morgan fingerprint density at radius 2 is 2.11 bits per heavy atom. The molecule has 1 atom stereocenters. The molecule has 0 bridgehead atoms. The topological polar surface area (TPSA) is 72.2 Å². The second-order valence-electron chi connectivity index (χ2n) is 4.26. The number of sulfone groups is 1. The summed E-state index contributed by atoms with van der Waals surface area (Å²) in [4.78, 5) is 2.51. The number of hydrogen-bond acceptors (Lipinski definition) is 5. The minimum Gasteiger partial charge on any atom is -0.271 e. The monoisotopic (exact) mass is 290 g/mol. The van der Waals surface area contributed by atoms with E-state index in [1.165, 1.54) is 9.75 Å². The van der Waals surface area contributed by atoms with Crippen LogP contribution in [0.5, 0.6) is 0 Å². The molecular formula is C12H22N2O2S2. The molecule has 0 saturated carbocycles. The molecule has 0 aromatic carbocycles. The SMILES string of the molecule is CCc1ccc(C(CCCS(=O)(=O)CC)NN)s1. The molecule has 0 aliphatic rings. The number of nitrogens with two attached hydrogens (primary N) is 1. The lowest BCUT2D eigenvalue weighted by atomic mass is 10.1. The normalized spacial score (nSPS) is 13.7. The molecular weight excluding hydrogens is 268 g/mol. The Hall–Kier alpha value is -0.430. The molecule has 0 radical (unpaired) electrons. The molecule has 3 N–H and O–H groups in total. The first-order valence-corrected chi connectivity index (χ1v) is 8.91. The van der Waals surface area contributed by atoms with Gasteiger partial charge < -0.3 is 0 Å². The molecule has 1 heterocycles. The van der Waals surface area contributed by atoms with Gasteiger partial charge in [-0.15, -0.1) is 11.3 Å². The summed E-state index contributed by atoms with van der Waals surface area (Å²) in [6.07, 6.45) is 2.41. The van der Waals surface area contributed by atoms with Gasteiger partial charge in [0.1, 0.15) is 9.84 Å². The molecule has 0 saturated heterocycles. The predicted octanol–water partition coefficient (Wildman–Crippen LogP) is 2.03. The van der Waals surface area contributed by atoms with Crippen molar-refractivity contribution in [3.63, 3.8) is 0 Å². The first-order chi connectivity index (χ1) is 8.52. The zero-order chi connectivity index (χ0) is 13.6. The molecule has 0 spiro atoms. The number of thiophene rings is 1. The molecule has 18 heavy (non-hydrogen) atoms. The van der Waals surface area contributed by atoms with E-state index in [9.17, 15) is 8.42 Å². The Labute approximate surface area is 113 Å². The highest BCUT2D eigenvalue weighted by Crippen LogP contribution is 2.26. The Balaban J connectivity index is 2.52. The first kappa shape index (κ1) is 15.6. The second kappa shape index (κ2) is 7.23. The lowest BCUT2D eigenvalue weighted by Gasteiger charge is -2.13. The number of nitrogens with one attached hydrogen (secondary N) is 1. The van der Waals surface area contributed by atoms with Crippen LogP contribution in [0.2, 0.25) is 0 Å². The molecule has 0 aliphatic carbocycles. The van der Waals surface area contributed by atoms with Gasteiger partial charge in [-0.2, -0.15) is 0 Å². The summed E-state index contributed by atoms with van der Waals surface area (Å²) in [5.41, 5.74) is 2.78. The third kappa shape index (κ3) is 4.68. The Bertz CT molecular complexity index is 454. The smallest absolute Gasteiger partial charge is 0.150 e. The predicted molar refractivity (Wildman–Crippen MR) is 77.3 cm³/mol. The largest absolute Gasteiger partial charge is 0.271 e. The minimum absolute atomic E-state index is 0.0577. The van der Waals surface area contributed by atoms with Gasteiger partial charge in [-0.1, -0.05) is 13.8 Å². The minimum atomic E-state index is -2.87. The highest BCUT2D eigenvalue weighted by molar-refractivity contribution is 7.91. The van der Waals surface area contributed by atoms with Crippen molar-refractivity contribution in [3.05, 3.63) is 21.9 Å². The van der Waals surface area contributed by atoms with Crippen LogP contribution in [0.3, 0.4) is 0 Å². The van der Waals surface area contributed by atoms with Gasteiger partial charge in [0.2, 0.25) is 0 Å². The van der Waals surface area contributed by atoms with Crippen LogP contribution >= 0.6 is 11.3 Å². The third-order valence-electron chi connectivity index (χ3n) is 2.96. The molecule has 0 aliphatic heterocycles. The lowest BCUT2D eigenvalue weighted by molar-refractivity contribution is 0.514. The fraction of sp³-hybridized carbons (Fsp3) is 0.667. The first-order valence-electron chi connectivity index (χ1n) is 6.27. The van der Waals surface area contributed by atoms with Crippen molar-refractivity contribution in [1.29, 1.82) is 0 Å². The summed E-state index contributed by atoms with van der Waals surface area (Å²) in [5, 5.41) is 0. The fourth-order valence-corrected chi connectivity index (χ4v) is 3.67. The van der Waals surface area contributed by atoms with Crippen molar-refractivity contribution in [2.45, 2.75) is 39.2 Å². The summed E-state index contributed by atoms with van der Waals surface area (Å²) in [6, 6.07) is 4.23. The fourth-order valence-electron chi connectivity index (χ4n) is 1.73. The van der Waals surface area contributed by atoms with Gasteiger partial charge in [-0.25, -0.2) is 8.42 Å². The lowest BCUT2D eigenvalue weighted by Crippen LogP contribution is -2.27. The molecule has 1 rings (SSSR count). The van der Waals surface area contributed by atoms with Crippen LogP contribution in [0.25, 0.3) is 0 Å².